The Morgan fingerprint density at radius 3 is 2.47 bits per heavy atom. The van der Waals surface area contributed by atoms with E-state index >= 15 is 4.39 Å². The van der Waals surface area contributed by atoms with Gasteiger partial charge in [-0.05, 0) is 24.3 Å². The molecule has 0 fully saturated rings. The van der Waals surface area contributed by atoms with Crippen molar-refractivity contribution in [3.8, 4) is 22.9 Å². The molecule has 38 heavy (non-hydrogen) atoms. The lowest BCUT2D eigenvalue weighted by atomic mass is 9.69. The number of ether oxygens (including phenoxy) is 1. The van der Waals surface area contributed by atoms with Crippen molar-refractivity contribution in [3.63, 3.8) is 0 Å². The molecule has 1 atom stereocenters. The van der Waals surface area contributed by atoms with Crippen LogP contribution < -0.4 is 4.74 Å². The number of H-pyrrole nitrogens is 1. The molecule has 0 saturated heterocycles. The molecule has 1 unspecified atom stereocenters. The fourth-order valence-corrected chi connectivity index (χ4v) is 5.05. The topological polar surface area (TPSA) is 96.9 Å². The van der Waals surface area contributed by atoms with E-state index in [-0.39, 0.29) is 17.6 Å². The quantitative estimate of drug-likeness (QED) is 0.346. The molecule has 1 aliphatic rings. The molecule has 9 heteroatoms. The van der Waals surface area contributed by atoms with Crippen LogP contribution in [0.2, 0.25) is 0 Å². The van der Waals surface area contributed by atoms with Gasteiger partial charge < -0.3 is 14.6 Å². The van der Waals surface area contributed by atoms with Gasteiger partial charge in [0.05, 0.1) is 5.69 Å². The molecule has 4 heterocycles. The molecular weight excluding hydrogens is 483 g/mol. The number of hydrogen-bond donors (Lipinski definition) is 1. The Morgan fingerprint density at radius 2 is 1.74 bits per heavy atom. The molecule has 190 valence electrons. The van der Waals surface area contributed by atoms with Crippen molar-refractivity contribution in [2.24, 2.45) is 0 Å². The molecule has 8 nitrogen and oxygen atoms in total. The zero-order chi connectivity index (χ0) is 26.6. The van der Waals surface area contributed by atoms with Gasteiger partial charge in [0, 0.05) is 60.1 Å². The highest BCUT2D eigenvalue weighted by molar-refractivity contribution is 5.94. The highest BCUT2D eigenvalue weighted by Crippen LogP contribution is 2.52. The first kappa shape index (κ1) is 23.7. The molecule has 2 aromatic carbocycles. The van der Waals surface area contributed by atoms with Crippen molar-refractivity contribution in [1.29, 1.82) is 0 Å². The summed E-state index contributed by atoms with van der Waals surface area (Å²) in [6.45, 7) is 4.10. The van der Waals surface area contributed by atoms with E-state index in [9.17, 15) is 4.79 Å². The van der Waals surface area contributed by atoms with Crippen LogP contribution in [0.4, 0.5) is 4.39 Å². The van der Waals surface area contributed by atoms with Crippen molar-refractivity contribution in [3.05, 3.63) is 95.3 Å². The smallest absolute Gasteiger partial charge is 0.253 e. The normalized spacial score (nSPS) is 14.5. The first-order valence-electron chi connectivity index (χ1n) is 12.2. The van der Waals surface area contributed by atoms with E-state index < -0.39 is 11.2 Å². The van der Waals surface area contributed by atoms with E-state index in [1.54, 1.807) is 44.7 Å². The number of nitrogens with one attached hydrogen (secondary N) is 1. The summed E-state index contributed by atoms with van der Waals surface area (Å²) >= 11 is 0. The summed E-state index contributed by atoms with van der Waals surface area (Å²) in [5.74, 6) is 0.309. The van der Waals surface area contributed by atoms with Gasteiger partial charge in [0.25, 0.3) is 5.91 Å². The maximum absolute atomic E-state index is 15.1. The van der Waals surface area contributed by atoms with Crippen molar-refractivity contribution >= 4 is 17.2 Å². The molecule has 0 saturated carbocycles. The van der Waals surface area contributed by atoms with Crippen molar-refractivity contribution in [2.45, 2.75) is 25.2 Å². The molecule has 5 aromatic rings. The molecule has 0 bridgehead atoms. The fourth-order valence-electron chi connectivity index (χ4n) is 5.05. The average Bonchev–Trinajstić information content (AvgIpc) is 3.37. The van der Waals surface area contributed by atoms with E-state index in [0.717, 1.165) is 11.1 Å². The number of pyridine rings is 1. The summed E-state index contributed by atoms with van der Waals surface area (Å²) in [4.78, 5) is 35.3. The molecule has 3 aromatic heterocycles. The van der Waals surface area contributed by atoms with Gasteiger partial charge in [-0.1, -0.05) is 44.2 Å². The van der Waals surface area contributed by atoms with Gasteiger partial charge in [-0.3, -0.25) is 4.79 Å². The van der Waals surface area contributed by atoms with Gasteiger partial charge in [0.15, 0.2) is 22.9 Å². The monoisotopic (exact) mass is 508 g/mol. The second-order valence-electron chi connectivity index (χ2n) is 10.1. The van der Waals surface area contributed by atoms with Crippen LogP contribution in [0, 0.1) is 5.82 Å². The molecule has 0 aliphatic carbocycles. The van der Waals surface area contributed by atoms with E-state index in [0.29, 0.717) is 39.8 Å². The van der Waals surface area contributed by atoms with Crippen LogP contribution in [-0.4, -0.2) is 49.8 Å². The van der Waals surface area contributed by atoms with E-state index in [2.05, 4.69) is 15.0 Å². The van der Waals surface area contributed by atoms with Crippen LogP contribution >= 0.6 is 0 Å². The van der Waals surface area contributed by atoms with Crippen LogP contribution in [-0.2, 0) is 5.41 Å². The number of benzene rings is 2. The van der Waals surface area contributed by atoms with E-state index in [1.807, 2.05) is 44.2 Å². The summed E-state index contributed by atoms with van der Waals surface area (Å²) in [5.41, 5.74) is 4.07. The molecule has 0 spiro atoms. The molecule has 6 rings (SSSR count). The number of carbonyl (C=O) groups is 1. The minimum Gasteiger partial charge on any atom is -0.435 e. The SMILES string of the molecule is CN(C)C(=O)c1ccc(-c2ccc3c(n2)Oc2c(F)cccc2C3C(C)(C)c2nc3nccnc3[nH]2)cc1. The highest BCUT2D eigenvalue weighted by Gasteiger charge is 2.43. The zero-order valence-corrected chi connectivity index (χ0v) is 21.4. The maximum Gasteiger partial charge on any atom is 0.253 e. The number of nitrogens with zero attached hydrogens (tertiary/aromatic N) is 5. The lowest BCUT2D eigenvalue weighted by Gasteiger charge is -2.37. The summed E-state index contributed by atoms with van der Waals surface area (Å²) in [5, 5.41) is 0. The Labute approximate surface area is 218 Å². The van der Waals surface area contributed by atoms with Crippen molar-refractivity contribution < 1.29 is 13.9 Å². The number of amides is 1. The number of hydrogen-bond acceptors (Lipinski definition) is 6. The summed E-state index contributed by atoms with van der Waals surface area (Å²) < 4.78 is 21.2. The largest absolute Gasteiger partial charge is 0.435 e. The maximum atomic E-state index is 15.1. The Morgan fingerprint density at radius 1 is 0.974 bits per heavy atom. The lowest BCUT2D eigenvalue weighted by molar-refractivity contribution is 0.0827. The van der Waals surface area contributed by atoms with Crippen LogP contribution in [0.15, 0.2) is 67.0 Å². The number of rotatable bonds is 4. The standard InChI is InChI=1S/C29H25FN6O2/c1-29(2,28-34-24-25(35-28)32-15-14-31-24)22-18-6-5-7-20(30)23(18)38-26-19(22)12-13-21(33-26)16-8-10-17(11-9-16)27(37)36(3)4/h5-15,22H,1-4H3,(H,31,32,34,35). The first-order chi connectivity index (χ1) is 18.2. The van der Waals surface area contributed by atoms with Crippen LogP contribution in [0.1, 0.15) is 47.1 Å². The number of carbonyl (C=O) groups excluding carboxylic acids is 1. The van der Waals surface area contributed by atoms with E-state index in [4.69, 9.17) is 14.7 Å². The lowest BCUT2D eigenvalue weighted by Crippen LogP contribution is -2.32. The van der Waals surface area contributed by atoms with Gasteiger partial charge in [0.1, 0.15) is 5.82 Å². The number of halogens is 1. The van der Waals surface area contributed by atoms with Gasteiger partial charge in [-0.15, -0.1) is 0 Å². The van der Waals surface area contributed by atoms with Crippen LogP contribution in [0.5, 0.6) is 11.6 Å². The Hall–Kier alpha value is -4.66. The van der Waals surface area contributed by atoms with E-state index in [1.165, 1.54) is 11.0 Å². The number of fused-ring (bicyclic) bond motifs is 3. The summed E-state index contributed by atoms with van der Waals surface area (Å²) in [6.07, 6.45) is 3.21. The fraction of sp³-hybridized carbons (Fsp3) is 0.207. The van der Waals surface area contributed by atoms with Gasteiger partial charge in [0.2, 0.25) is 5.88 Å². The Balaban J connectivity index is 1.46. The summed E-state index contributed by atoms with van der Waals surface area (Å²) in [7, 11) is 3.43. The zero-order valence-electron chi connectivity index (χ0n) is 21.4. The summed E-state index contributed by atoms with van der Waals surface area (Å²) in [6, 6.07) is 16.1. The highest BCUT2D eigenvalue weighted by atomic mass is 19.1. The third-order valence-corrected chi connectivity index (χ3v) is 7.01. The predicted molar refractivity (Wildman–Crippen MR) is 141 cm³/mol. The number of aromatic nitrogens is 5. The molecule has 1 N–H and O–H groups in total. The number of para-hydroxylation sites is 1. The third-order valence-electron chi connectivity index (χ3n) is 7.01. The molecular formula is C29H25FN6O2. The first-order valence-corrected chi connectivity index (χ1v) is 12.2. The second kappa shape index (κ2) is 8.72. The minimum absolute atomic E-state index is 0.0774. The minimum atomic E-state index is -0.624. The Bertz CT molecular complexity index is 1660. The average molecular weight is 509 g/mol. The van der Waals surface area contributed by atoms with Crippen molar-refractivity contribution in [1.82, 2.24) is 29.8 Å². The predicted octanol–water partition coefficient (Wildman–Crippen LogP) is 5.47. The van der Waals surface area contributed by atoms with Crippen LogP contribution in [0.3, 0.4) is 0 Å². The second-order valence-corrected chi connectivity index (χ2v) is 10.1. The molecule has 1 aliphatic heterocycles. The van der Waals surface area contributed by atoms with Gasteiger partial charge in [-0.25, -0.2) is 24.3 Å². The third kappa shape index (κ3) is 3.78. The molecule has 1 amide bonds. The Kier molecular flexibility index (Phi) is 5.45. The van der Waals surface area contributed by atoms with Gasteiger partial charge >= 0.3 is 0 Å². The number of imidazole rings is 1. The van der Waals surface area contributed by atoms with Gasteiger partial charge in [-0.2, -0.15) is 0 Å². The van der Waals surface area contributed by atoms with Crippen molar-refractivity contribution in [2.75, 3.05) is 14.1 Å². The molecule has 0 radical (unpaired) electrons. The number of aromatic amines is 1. The van der Waals surface area contributed by atoms with Crippen LogP contribution in [0.25, 0.3) is 22.6 Å².